The molecule has 3 aliphatic carbocycles. The van der Waals surface area contributed by atoms with Crippen LogP contribution in [-0.2, 0) is 0 Å². The molecule has 4 rings (SSSR count). The number of thiophene rings is 1. The zero-order valence-electron chi connectivity index (χ0n) is 11.1. The van der Waals surface area contributed by atoms with Gasteiger partial charge in [0.1, 0.15) is 0 Å². The van der Waals surface area contributed by atoms with Gasteiger partial charge in [-0.2, -0.15) is 11.3 Å². The van der Waals surface area contributed by atoms with Crippen LogP contribution in [-0.4, -0.2) is 6.54 Å². The fraction of sp³-hybridized carbons (Fsp3) is 0.750. The largest absolute Gasteiger partial charge is 0.310 e. The van der Waals surface area contributed by atoms with E-state index < -0.39 is 0 Å². The van der Waals surface area contributed by atoms with E-state index in [1.807, 2.05) is 11.3 Å². The highest BCUT2D eigenvalue weighted by molar-refractivity contribution is 7.07. The molecule has 3 aliphatic rings. The van der Waals surface area contributed by atoms with E-state index in [1.165, 1.54) is 25.8 Å². The van der Waals surface area contributed by atoms with Crippen LogP contribution in [0.4, 0.5) is 0 Å². The summed E-state index contributed by atoms with van der Waals surface area (Å²) in [6, 6.07) is 3.00. The van der Waals surface area contributed by atoms with Crippen LogP contribution in [0.1, 0.15) is 44.2 Å². The third-order valence-corrected chi connectivity index (χ3v) is 6.40. The number of nitrogens with one attached hydrogen (secondary N) is 1. The van der Waals surface area contributed by atoms with Gasteiger partial charge in [0, 0.05) is 6.04 Å². The summed E-state index contributed by atoms with van der Waals surface area (Å²) in [5.41, 5.74) is 1.56. The Bertz CT molecular complexity index is 397. The lowest BCUT2D eigenvalue weighted by Crippen LogP contribution is -2.26. The van der Waals surface area contributed by atoms with Gasteiger partial charge >= 0.3 is 0 Å². The maximum atomic E-state index is 3.84. The average Bonchev–Trinajstić information content (AvgIpc) is 2.85. The molecule has 1 N–H and O–H groups in total. The summed E-state index contributed by atoms with van der Waals surface area (Å²) in [5.74, 6) is 5.32. The van der Waals surface area contributed by atoms with Crippen LogP contribution in [0.15, 0.2) is 16.8 Å². The fourth-order valence-corrected chi connectivity index (χ4v) is 5.76. The van der Waals surface area contributed by atoms with Crippen molar-refractivity contribution in [1.29, 1.82) is 0 Å². The molecule has 0 saturated heterocycles. The van der Waals surface area contributed by atoms with E-state index >= 15 is 0 Å². The Balaban J connectivity index is 1.54. The average molecular weight is 261 g/mol. The van der Waals surface area contributed by atoms with Gasteiger partial charge < -0.3 is 5.32 Å². The molecule has 3 saturated carbocycles. The minimum Gasteiger partial charge on any atom is -0.310 e. The molecule has 5 unspecified atom stereocenters. The molecule has 0 aliphatic heterocycles. The van der Waals surface area contributed by atoms with Gasteiger partial charge in [0.05, 0.1) is 0 Å². The SMILES string of the molecule is CCCNC(c1ccsc1)C1C2C3CCC(C3)C21. The Labute approximate surface area is 114 Å². The summed E-state index contributed by atoms with van der Waals surface area (Å²) in [6.45, 7) is 3.45. The second kappa shape index (κ2) is 4.35. The second-order valence-electron chi connectivity index (χ2n) is 6.55. The molecule has 1 nitrogen and oxygen atoms in total. The van der Waals surface area contributed by atoms with Crippen molar-refractivity contribution in [1.82, 2.24) is 5.32 Å². The normalized spacial score (nSPS) is 41.9. The summed E-state index contributed by atoms with van der Waals surface area (Å²) in [7, 11) is 0. The van der Waals surface area contributed by atoms with Crippen LogP contribution in [0, 0.1) is 29.6 Å². The Morgan fingerprint density at radius 2 is 2.11 bits per heavy atom. The van der Waals surface area contributed by atoms with Crippen LogP contribution in [0.25, 0.3) is 0 Å². The Morgan fingerprint density at radius 3 is 2.72 bits per heavy atom. The van der Waals surface area contributed by atoms with Gasteiger partial charge in [-0.25, -0.2) is 0 Å². The summed E-state index contributed by atoms with van der Waals surface area (Å²) in [4.78, 5) is 0. The van der Waals surface area contributed by atoms with Crippen molar-refractivity contribution in [2.45, 2.75) is 38.6 Å². The molecule has 1 aromatic heterocycles. The monoisotopic (exact) mass is 261 g/mol. The predicted molar refractivity (Wildman–Crippen MR) is 76.7 cm³/mol. The van der Waals surface area contributed by atoms with Crippen molar-refractivity contribution in [2.75, 3.05) is 6.54 Å². The van der Waals surface area contributed by atoms with Gasteiger partial charge in [0.25, 0.3) is 0 Å². The topological polar surface area (TPSA) is 12.0 Å². The minimum absolute atomic E-state index is 0.662. The van der Waals surface area contributed by atoms with Crippen molar-refractivity contribution < 1.29 is 0 Å². The number of hydrogen-bond donors (Lipinski definition) is 1. The van der Waals surface area contributed by atoms with E-state index in [-0.39, 0.29) is 0 Å². The van der Waals surface area contributed by atoms with E-state index in [4.69, 9.17) is 0 Å². The van der Waals surface area contributed by atoms with Gasteiger partial charge in [0.2, 0.25) is 0 Å². The molecule has 2 bridgehead atoms. The number of fused-ring (bicyclic) bond motifs is 5. The molecule has 0 spiro atoms. The van der Waals surface area contributed by atoms with Gasteiger partial charge in [-0.3, -0.25) is 0 Å². The summed E-state index contributed by atoms with van der Waals surface area (Å²) < 4.78 is 0. The third-order valence-electron chi connectivity index (χ3n) is 5.70. The van der Waals surface area contributed by atoms with Gasteiger partial charge in [-0.1, -0.05) is 6.92 Å². The summed E-state index contributed by atoms with van der Waals surface area (Å²) >= 11 is 1.85. The van der Waals surface area contributed by atoms with E-state index in [1.54, 1.807) is 12.0 Å². The van der Waals surface area contributed by atoms with Crippen molar-refractivity contribution in [3.63, 3.8) is 0 Å². The molecular weight excluding hydrogens is 238 g/mol. The lowest BCUT2D eigenvalue weighted by Gasteiger charge is -2.21. The highest BCUT2D eigenvalue weighted by Gasteiger charge is 2.66. The standard InChI is InChI=1S/C16H23NS/c1-2-6-17-16(12-5-7-18-9-12)15-13-10-3-4-11(8-10)14(13)15/h5,7,9-11,13-17H,2-4,6,8H2,1H3. The highest BCUT2D eigenvalue weighted by atomic mass is 32.1. The van der Waals surface area contributed by atoms with E-state index in [9.17, 15) is 0 Å². The molecule has 0 aromatic carbocycles. The van der Waals surface area contributed by atoms with E-state index in [2.05, 4.69) is 29.1 Å². The number of rotatable bonds is 5. The van der Waals surface area contributed by atoms with Crippen molar-refractivity contribution in [2.24, 2.45) is 29.6 Å². The maximum Gasteiger partial charge on any atom is 0.0362 e. The van der Waals surface area contributed by atoms with Crippen LogP contribution in [0.2, 0.25) is 0 Å². The Hall–Kier alpha value is -0.340. The Morgan fingerprint density at radius 1 is 1.33 bits per heavy atom. The minimum atomic E-state index is 0.662. The van der Waals surface area contributed by atoms with Gasteiger partial charge in [-0.05, 0) is 84.2 Å². The zero-order valence-corrected chi connectivity index (χ0v) is 12.0. The predicted octanol–water partition coefficient (Wildman–Crippen LogP) is 4.08. The molecule has 98 valence electrons. The summed E-state index contributed by atoms with van der Waals surface area (Å²) in [5, 5.41) is 8.44. The van der Waals surface area contributed by atoms with Crippen LogP contribution < -0.4 is 5.32 Å². The van der Waals surface area contributed by atoms with E-state index in [0.717, 1.165) is 29.6 Å². The molecular formula is C16H23NS. The van der Waals surface area contributed by atoms with Crippen molar-refractivity contribution >= 4 is 11.3 Å². The first-order chi connectivity index (χ1) is 8.90. The molecule has 5 atom stereocenters. The van der Waals surface area contributed by atoms with Crippen LogP contribution >= 0.6 is 11.3 Å². The Kier molecular flexibility index (Phi) is 2.77. The van der Waals surface area contributed by atoms with Crippen LogP contribution in [0.5, 0.6) is 0 Å². The van der Waals surface area contributed by atoms with E-state index in [0.29, 0.717) is 6.04 Å². The lowest BCUT2D eigenvalue weighted by molar-refractivity contribution is 0.370. The van der Waals surface area contributed by atoms with Crippen molar-refractivity contribution in [3.8, 4) is 0 Å². The molecule has 1 heterocycles. The number of hydrogen-bond acceptors (Lipinski definition) is 2. The molecule has 0 amide bonds. The van der Waals surface area contributed by atoms with Crippen molar-refractivity contribution in [3.05, 3.63) is 22.4 Å². The van der Waals surface area contributed by atoms with Crippen LogP contribution in [0.3, 0.4) is 0 Å². The van der Waals surface area contributed by atoms with Gasteiger partial charge in [0.15, 0.2) is 0 Å². The first-order valence-electron chi connectivity index (χ1n) is 7.65. The third kappa shape index (κ3) is 1.61. The fourth-order valence-electron chi connectivity index (χ4n) is 5.07. The summed E-state index contributed by atoms with van der Waals surface area (Å²) in [6.07, 6.45) is 5.88. The first-order valence-corrected chi connectivity index (χ1v) is 8.60. The highest BCUT2D eigenvalue weighted by Crippen LogP contribution is 2.72. The second-order valence-corrected chi connectivity index (χ2v) is 7.33. The molecule has 1 aromatic rings. The smallest absolute Gasteiger partial charge is 0.0362 e. The molecule has 2 heteroatoms. The maximum absolute atomic E-state index is 3.84. The van der Waals surface area contributed by atoms with Gasteiger partial charge in [-0.15, -0.1) is 0 Å². The molecule has 18 heavy (non-hydrogen) atoms. The molecule has 0 radical (unpaired) electrons. The molecule has 3 fully saturated rings. The lowest BCUT2D eigenvalue weighted by atomic mass is 9.94. The zero-order chi connectivity index (χ0) is 12.1. The quantitative estimate of drug-likeness (QED) is 0.842. The first kappa shape index (κ1) is 11.5.